The lowest BCUT2D eigenvalue weighted by molar-refractivity contribution is 0.0694. The smallest absolute Gasteiger partial charge is 0.259 e. The highest BCUT2D eigenvalue weighted by Crippen LogP contribution is 2.25. The molecule has 0 radical (unpaired) electrons. The summed E-state index contributed by atoms with van der Waals surface area (Å²) in [4.78, 5) is 14.4. The summed E-state index contributed by atoms with van der Waals surface area (Å²) in [6.07, 6.45) is 6.19. The van der Waals surface area contributed by atoms with E-state index in [2.05, 4.69) is 21.1 Å². The quantitative estimate of drug-likeness (QED) is 0.803. The van der Waals surface area contributed by atoms with Crippen molar-refractivity contribution in [3.05, 3.63) is 17.5 Å². The van der Waals surface area contributed by atoms with Crippen molar-refractivity contribution in [3.63, 3.8) is 0 Å². The summed E-state index contributed by atoms with van der Waals surface area (Å²) >= 11 is 3.41. The SMILES string of the molecule is Cc1oncc1C(=O)N(CCBr)C1CCCC1. The number of aryl methyl sites for hydroxylation is 1. The highest BCUT2D eigenvalue weighted by atomic mass is 79.9. The molecule has 0 aromatic carbocycles. The van der Waals surface area contributed by atoms with Crippen molar-refractivity contribution in [2.45, 2.75) is 38.6 Å². The second kappa shape index (κ2) is 5.67. The van der Waals surface area contributed by atoms with E-state index in [-0.39, 0.29) is 5.91 Å². The molecule has 1 fully saturated rings. The van der Waals surface area contributed by atoms with Crippen molar-refractivity contribution in [1.29, 1.82) is 0 Å². The van der Waals surface area contributed by atoms with E-state index in [1.807, 2.05) is 4.90 Å². The van der Waals surface area contributed by atoms with Gasteiger partial charge in [0.1, 0.15) is 11.3 Å². The van der Waals surface area contributed by atoms with Gasteiger partial charge in [-0.2, -0.15) is 0 Å². The number of carbonyl (C=O) groups excluding carboxylic acids is 1. The number of halogens is 1. The summed E-state index contributed by atoms with van der Waals surface area (Å²) < 4.78 is 4.97. The van der Waals surface area contributed by atoms with Gasteiger partial charge in [-0.3, -0.25) is 4.79 Å². The highest BCUT2D eigenvalue weighted by molar-refractivity contribution is 9.09. The molecule has 1 aromatic heterocycles. The summed E-state index contributed by atoms with van der Waals surface area (Å²) in [5.41, 5.74) is 0.595. The fraction of sp³-hybridized carbons (Fsp3) is 0.667. The number of hydrogen-bond donors (Lipinski definition) is 0. The zero-order valence-corrected chi connectivity index (χ0v) is 11.6. The minimum atomic E-state index is 0.0510. The van der Waals surface area contributed by atoms with E-state index < -0.39 is 0 Å². The molecule has 2 rings (SSSR count). The van der Waals surface area contributed by atoms with E-state index in [0.717, 1.165) is 24.7 Å². The Labute approximate surface area is 109 Å². The van der Waals surface area contributed by atoms with Crippen LogP contribution in [0.25, 0.3) is 0 Å². The van der Waals surface area contributed by atoms with E-state index >= 15 is 0 Å². The predicted molar refractivity (Wildman–Crippen MR) is 68.3 cm³/mol. The second-order valence-electron chi connectivity index (χ2n) is 4.42. The largest absolute Gasteiger partial charge is 0.361 e. The molecule has 1 saturated carbocycles. The molecule has 17 heavy (non-hydrogen) atoms. The van der Waals surface area contributed by atoms with Crippen molar-refractivity contribution >= 4 is 21.8 Å². The molecule has 0 unspecified atom stereocenters. The molecule has 0 spiro atoms. The first kappa shape index (κ1) is 12.6. The molecule has 94 valence electrons. The maximum Gasteiger partial charge on any atom is 0.259 e. The zero-order chi connectivity index (χ0) is 12.3. The molecule has 0 atom stereocenters. The number of rotatable bonds is 4. The summed E-state index contributed by atoms with van der Waals surface area (Å²) in [7, 11) is 0. The standard InChI is InChI=1S/C12H17BrN2O2/c1-9-11(8-14-17-9)12(16)15(7-6-13)10-4-2-3-5-10/h8,10H,2-7H2,1H3. The molecular weight excluding hydrogens is 284 g/mol. The van der Waals surface area contributed by atoms with E-state index in [1.54, 1.807) is 6.92 Å². The summed E-state index contributed by atoms with van der Waals surface area (Å²) in [6.45, 7) is 2.52. The molecule has 1 aliphatic carbocycles. The van der Waals surface area contributed by atoms with Gasteiger partial charge in [0, 0.05) is 17.9 Å². The molecule has 0 bridgehead atoms. The molecular formula is C12H17BrN2O2. The molecule has 0 saturated heterocycles. The van der Waals surface area contributed by atoms with Crippen LogP contribution in [0.1, 0.15) is 41.8 Å². The normalized spacial score (nSPS) is 16.4. The highest BCUT2D eigenvalue weighted by Gasteiger charge is 2.28. The number of carbonyl (C=O) groups is 1. The Morgan fingerprint density at radius 2 is 2.29 bits per heavy atom. The van der Waals surface area contributed by atoms with E-state index in [1.165, 1.54) is 19.0 Å². The summed E-state index contributed by atoms with van der Waals surface area (Å²) in [5.74, 6) is 0.655. The monoisotopic (exact) mass is 300 g/mol. The van der Waals surface area contributed by atoms with Crippen LogP contribution in [0.15, 0.2) is 10.7 Å². The van der Waals surface area contributed by atoms with Crippen LogP contribution in [0.4, 0.5) is 0 Å². The Kier molecular flexibility index (Phi) is 4.20. The van der Waals surface area contributed by atoms with Crippen molar-refractivity contribution < 1.29 is 9.32 Å². The Balaban J connectivity index is 2.15. The third kappa shape index (κ3) is 2.70. The average Bonchev–Trinajstić information content (AvgIpc) is 2.95. The minimum Gasteiger partial charge on any atom is -0.361 e. The van der Waals surface area contributed by atoms with Crippen LogP contribution in [0, 0.1) is 6.92 Å². The van der Waals surface area contributed by atoms with Gasteiger partial charge in [0.25, 0.3) is 5.91 Å². The van der Waals surface area contributed by atoms with Crippen LogP contribution in [-0.2, 0) is 0 Å². The number of aromatic nitrogens is 1. The Hall–Kier alpha value is -0.840. The van der Waals surface area contributed by atoms with Gasteiger partial charge < -0.3 is 9.42 Å². The van der Waals surface area contributed by atoms with Gasteiger partial charge in [-0.1, -0.05) is 33.9 Å². The van der Waals surface area contributed by atoms with Crippen LogP contribution in [-0.4, -0.2) is 33.9 Å². The van der Waals surface area contributed by atoms with Gasteiger partial charge in [0.05, 0.1) is 6.20 Å². The number of alkyl halides is 1. The molecule has 4 nitrogen and oxygen atoms in total. The Bertz CT molecular complexity index is 386. The molecule has 1 amide bonds. The Morgan fingerprint density at radius 1 is 1.59 bits per heavy atom. The molecule has 1 aliphatic rings. The fourth-order valence-electron chi connectivity index (χ4n) is 2.42. The Morgan fingerprint density at radius 3 is 2.82 bits per heavy atom. The van der Waals surface area contributed by atoms with Crippen LogP contribution in [0.2, 0.25) is 0 Å². The average molecular weight is 301 g/mol. The predicted octanol–water partition coefficient (Wildman–Crippen LogP) is 2.76. The van der Waals surface area contributed by atoms with Gasteiger partial charge in [-0.15, -0.1) is 0 Å². The molecule has 5 heteroatoms. The maximum absolute atomic E-state index is 12.4. The molecule has 0 aliphatic heterocycles. The molecule has 1 aromatic rings. The first-order valence-electron chi connectivity index (χ1n) is 6.02. The first-order chi connectivity index (χ1) is 8.24. The third-order valence-corrected chi connectivity index (χ3v) is 3.69. The van der Waals surface area contributed by atoms with Crippen LogP contribution in [0.5, 0.6) is 0 Å². The zero-order valence-electron chi connectivity index (χ0n) is 9.99. The lowest BCUT2D eigenvalue weighted by Crippen LogP contribution is -2.40. The number of hydrogen-bond acceptors (Lipinski definition) is 3. The number of nitrogens with zero attached hydrogens (tertiary/aromatic N) is 2. The topological polar surface area (TPSA) is 46.3 Å². The second-order valence-corrected chi connectivity index (χ2v) is 5.21. The number of amides is 1. The van der Waals surface area contributed by atoms with E-state index in [4.69, 9.17) is 4.52 Å². The summed E-state index contributed by atoms with van der Waals surface area (Å²) in [6, 6.07) is 0.384. The summed E-state index contributed by atoms with van der Waals surface area (Å²) in [5, 5.41) is 4.48. The maximum atomic E-state index is 12.4. The van der Waals surface area contributed by atoms with Gasteiger partial charge in [0.2, 0.25) is 0 Å². The fourth-order valence-corrected chi connectivity index (χ4v) is 2.80. The lowest BCUT2D eigenvalue weighted by Gasteiger charge is -2.28. The van der Waals surface area contributed by atoms with Crippen molar-refractivity contribution in [1.82, 2.24) is 10.1 Å². The van der Waals surface area contributed by atoms with Crippen molar-refractivity contribution in [3.8, 4) is 0 Å². The lowest BCUT2D eigenvalue weighted by atomic mass is 10.1. The van der Waals surface area contributed by atoms with Crippen molar-refractivity contribution in [2.75, 3.05) is 11.9 Å². The minimum absolute atomic E-state index is 0.0510. The van der Waals surface area contributed by atoms with Gasteiger partial charge >= 0.3 is 0 Å². The third-order valence-electron chi connectivity index (χ3n) is 3.33. The first-order valence-corrected chi connectivity index (χ1v) is 7.14. The van der Waals surface area contributed by atoms with Gasteiger partial charge in [0.15, 0.2) is 0 Å². The van der Waals surface area contributed by atoms with Crippen LogP contribution in [0.3, 0.4) is 0 Å². The van der Waals surface area contributed by atoms with Crippen LogP contribution >= 0.6 is 15.9 Å². The molecule has 1 heterocycles. The molecule has 0 N–H and O–H groups in total. The van der Waals surface area contributed by atoms with Gasteiger partial charge in [-0.25, -0.2) is 0 Å². The van der Waals surface area contributed by atoms with Crippen molar-refractivity contribution in [2.24, 2.45) is 0 Å². The van der Waals surface area contributed by atoms with Crippen LogP contribution < -0.4 is 0 Å². The van der Waals surface area contributed by atoms with E-state index in [0.29, 0.717) is 17.4 Å². The van der Waals surface area contributed by atoms with E-state index in [9.17, 15) is 4.79 Å². The van der Waals surface area contributed by atoms with Gasteiger partial charge in [-0.05, 0) is 19.8 Å².